The zero-order valence-electron chi connectivity index (χ0n) is 48.0. The van der Waals surface area contributed by atoms with Gasteiger partial charge in [-0.3, -0.25) is 0 Å². The SMILES string of the molecule is C=CCO[Si](CC[Si]1(C)O[Si](C)(CC[Si](OCC=C)(OCC=C)c2ccccc2)O[Si](C)(CC[Si](OCC=C)(OCC=C)c2ccccc2)O[Si](C)(CC[Si](OCC=C)(OCC=C)c2ccccc2)O1)(OCC=C)c1ccccc1. The minimum Gasteiger partial charge on any atom is -0.416 e. The molecule has 0 N–H and O–H groups in total. The highest BCUT2D eigenvalue weighted by Gasteiger charge is 2.60. The van der Waals surface area contributed by atoms with Crippen LogP contribution in [0.2, 0.25) is 74.5 Å². The summed E-state index contributed by atoms with van der Waals surface area (Å²) >= 11 is 0. The molecule has 0 aliphatic carbocycles. The Kier molecular flexibility index (Phi) is 27.4. The van der Waals surface area contributed by atoms with Gasteiger partial charge in [0.25, 0.3) is 0 Å². The van der Waals surface area contributed by atoms with Crippen LogP contribution in [0.25, 0.3) is 0 Å². The Balaban J connectivity index is 1.76. The second-order valence-electron chi connectivity index (χ2n) is 20.2. The molecule has 20 heteroatoms. The van der Waals surface area contributed by atoms with Gasteiger partial charge in [0.05, 0.1) is 52.9 Å². The number of benzene rings is 4. The van der Waals surface area contributed by atoms with Gasteiger partial charge in [0.2, 0.25) is 0 Å². The fourth-order valence-electron chi connectivity index (χ4n) is 10.2. The molecule has 5 rings (SSSR count). The van der Waals surface area contributed by atoms with Gasteiger partial charge < -0.3 is 51.9 Å². The third-order valence-electron chi connectivity index (χ3n) is 13.7. The normalized spacial score (nSPS) is 20.9. The van der Waals surface area contributed by atoms with E-state index in [9.17, 15) is 0 Å². The van der Waals surface area contributed by atoms with E-state index >= 15 is 0 Å². The van der Waals surface area contributed by atoms with Gasteiger partial charge in [0.1, 0.15) is 0 Å². The minimum atomic E-state index is -3.52. The molecule has 1 saturated heterocycles. The van der Waals surface area contributed by atoms with Gasteiger partial charge in [-0.15, -0.1) is 52.6 Å². The van der Waals surface area contributed by atoms with Crippen LogP contribution < -0.4 is 20.7 Å². The maximum absolute atomic E-state index is 8.04. The van der Waals surface area contributed by atoms with Crippen molar-refractivity contribution in [1.82, 2.24) is 0 Å². The zero-order chi connectivity index (χ0) is 57.9. The van der Waals surface area contributed by atoms with Crippen molar-refractivity contribution in [2.75, 3.05) is 52.9 Å². The number of hydrogen-bond donors (Lipinski definition) is 0. The first-order valence-electron chi connectivity index (χ1n) is 27.6. The van der Waals surface area contributed by atoms with Crippen LogP contribution in [0.15, 0.2) is 223 Å². The Morgan fingerprint density at radius 3 is 0.575 bits per heavy atom. The van der Waals surface area contributed by atoms with E-state index in [4.69, 9.17) is 51.9 Å². The lowest BCUT2D eigenvalue weighted by Crippen LogP contribution is -2.69. The average molecular weight is 1230 g/mol. The summed E-state index contributed by atoms with van der Waals surface area (Å²) < 4.78 is 87.3. The summed E-state index contributed by atoms with van der Waals surface area (Å²) in [6.45, 7) is 43.3. The lowest BCUT2D eigenvalue weighted by Gasteiger charge is -2.51. The van der Waals surface area contributed by atoms with Crippen molar-refractivity contribution in [1.29, 1.82) is 0 Å². The summed E-state index contributed by atoms with van der Waals surface area (Å²) in [7, 11) is -27.2. The fourth-order valence-corrected chi connectivity index (χ4v) is 52.6. The van der Waals surface area contributed by atoms with Crippen molar-refractivity contribution in [3.05, 3.63) is 223 Å². The first-order valence-corrected chi connectivity index (χ1v) is 45.8. The van der Waals surface area contributed by atoms with Crippen LogP contribution in [-0.2, 0) is 51.9 Å². The van der Waals surface area contributed by atoms with E-state index in [0.717, 1.165) is 20.7 Å². The molecule has 4 aromatic rings. The van der Waals surface area contributed by atoms with Crippen LogP contribution in [-0.4, -0.2) is 121 Å². The summed E-state index contributed by atoms with van der Waals surface area (Å²) in [4.78, 5) is 0. The number of rotatable bonds is 40. The van der Waals surface area contributed by atoms with Crippen LogP contribution >= 0.6 is 0 Å². The van der Waals surface area contributed by atoms with Crippen LogP contribution in [0, 0.1) is 0 Å². The minimum absolute atomic E-state index is 0.289. The highest BCUT2D eigenvalue weighted by molar-refractivity contribution is 6.96. The Labute approximate surface area is 488 Å². The van der Waals surface area contributed by atoms with E-state index in [2.05, 4.69) is 127 Å². The van der Waals surface area contributed by atoms with Gasteiger partial charge in [-0.25, -0.2) is 0 Å². The van der Waals surface area contributed by atoms with Gasteiger partial charge in [-0.2, -0.15) is 0 Å². The van der Waals surface area contributed by atoms with Gasteiger partial charge in [0, 0.05) is 0 Å². The summed E-state index contributed by atoms with van der Waals surface area (Å²) in [5, 5.41) is 3.94. The smallest absolute Gasteiger partial charge is 0.372 e. The molecular weight excluding hydrogens is 1140 g/mol. The molecule has 1 heterocycles. The summed E-state index contributed by atoms with van der Waals surface area (Å²) in [5.41, 5.74) is 0. The molecule has 12 nitrogen and oxygen atoms in total. The molecule has 0 spiro atoms. The zero-order valence-corrected chi connectivity index (χ0v) is 56.0. The van der Waals surface area contributed by atoms with Crippen LogP contribution in [0.4, 0.5) is 0 Å². The van der Waals surface area contributed by atoms with Gasteiger partial charge in [0.15, 0.2) is 0 Å². The molecule has 1 fully saturated rings. The molecule has 4 aromatic carbocycles. The lowest BCUT2D eigenvalue weighted by atomic mass is 10.4. The topological polar surface area (TPSA) is 111 Å². The van der Waals surface area contributed by atoms with Crippen molar-refractivity contribution in [2.45, 2.75) is 74.5 Å². The quantitative estimate of drug-likeness (QED) is 0.0312. The molecule has 0 amide bonds. The van der Waals surface area contributed by atoms with Crippen molar-refractivity contribution in [2.24, 2.45) is 0 Å². The van der Waals surface area contributed by atoms with E-state index < -0.39 is 68.5 Å². The van der Waals surface area contributed by atoms with E-state index in [0.29, 0.717) is 48.4 Å². The van der Waals surface area contributed by atoms with E-state index in [1.807, 2.05) is 72.8 Å². The maximum atomic E-state index is 8.04. The van der Waals surface area contributed by atoms with Crippen LogP contribution in [0.5, 0.6) is 0 Å². The predicted octanol–water partition coefficient (Wildman–Crippen LogP) is 11.4. The predicted molar refractivity (Wildman–Crippen MR) is 346 cm³/mol. The molecule has 0 atom stereocenters. The Hall–Kier alpha value is -3.94. The maximum Gasteiger partial charge on any atom is 0.372 e. The Morgan fingerprint density at radius 1 is 0.287 bits per heavy atom. The van der Waals surface area contributed by atoms with E-state index in [1.54, 1.807) is 48.6 Å². The van der Waals surface area contributed by atoms with Crippen molar-refractivity contribution in [3.8, 4) is 0 Å². The Bertz CT molecular complexity index is 2140. The fraction of sp³-hybridized carbons (Fsp3) is 0.333. The van der Waals surface area contributed by atoms with Crippen LogP contribution in [0.3, 0.4) is 0 Å². The molecule has 0 unspecified atom stereocenters. The first-order chi connectivity index (χ1) is 38.6. The molecular formula is C60H88O12Si8. The van der Waals surface area contributed by atoms with E-state index in [-0.39, 0.29) is 52.9 Å². The summed E-state index contributed by atoms with van der Waals surface area (Å²) in [5.74, 6) is 0. The molecule has 0 aromatic heterocycles. The highest BCUT2D eigenvalue weighted by atomic mass is 28.5. The summed E-state index contributed by atoms with van der Waals surface area (Å²) in [6.07, 6.45) is 14.1. The van der Waals surface area contributed by atoms with Gasteiger partial charge in [-0.05, 0) is 95.3 Å². The Morgan fingerprint density at radius 2 is 0.438 bits per heavy atom. The molecule has 0 saturated carbocycles. The first kappa shape index (κ1) is 66.9. The average Bonchev–Trinajstić information content (AvgIpc) is 3.50. The second-order valence-corrected chi connectivity index (χ2v) is 47.2. The monoisotopic (exact) mass is 1220 g/mol. The van der Waals surface area contributed by atoms with E-state index in [1.165, 1.54) is 0 Å². The van der Waals surface area contributed by atoms with Crippen molar-refractivity contribution >= 4 is 89.2 Å². The molecule has 0 radical (unpaired) electrons. The van der Waals surface area contributed by atoms with Gasteiger partial charge in [-0.1, -0.05) is 170 Å². The number of hydrogen-bond acceptors (Lipinski definition) is 12. The molecule has 0 bridgehead atoms. The van der Waals surface area contributed by atoms with Gasteiger partial charge >= 0.3 is 68.5 Å². The van der Waals surface area contributed by atoms with Crippen molar-refractivity contribution in [3.63, 3.8) is 0 Å². The molecule has 80 heavy (non-hydrogen) atoms. The highest BCUT2D eigenvalue weighted by Crippen LogP contribution is 2.42. The molecule has 432 valence electrons. The molecule has 1 aliphatic heterocycles. The van der Waals surface area contributed by atoms with Crippen molar-refractivity contribution < 1.29 is 51.9 Å². The largest absolute Gasteiger partial charge is 0.416 e. The summed E-state index contributed by atoms with van der Waals surface area (Å²) in [6, 6.07) is 44.8. The molecule has 1 aliphatic rings. The third-order valence-corrected chi connectivity index (χ3v) is 47.7. The standard InChI is InChI=1S/C60H88O12Si8/c1-13-41-61-77(62-42-14-2,57-33-25-21-26-34-57)53-49-73(9)69-74(10,50-54-78(63-43-15-3,64-44-16-4)58-35-27-22-28-36-58)71-76(12,52-56-80(67-47-19-7,68-48-20-8)60-39-31-24-32-40-60)72-75(11,70-73)51-55-79(65-45-17-5,66-46-18-6)59-37-29-23-30-38-59/h13-40H,1-8,41-56H2,9-12H3. The lowest BCUT2D eigenvalue weighted by molar-refractivity contribution is 0.200. The second kappa shape index (κ2) is 32.8. The van der Waals surface area contributed by atoms with Crippen LogP contribution in [0.1, 0.15) is 0 Å². The third kappa shape index (κ3) is 19.0.